The summed E-state index contributed by atoms with van der Waals surface area (Å²) >= 11 is 0.721. The van der Waals surface area contributed by atoms with Crippen LogP contribution in [0.1, 0.15) is 30.9 Å². The molecule has 170 valence electrons. The van der Waals surface area contributed by atoms with Crippen LogP contribution in [-0.4, -0.2) is 60.2 Å². The van der Waals surface area contributed by atoms with Gasteiger partial charge in [-0.25, -0.2) is 12.8 Å². The van der Waals surface area contributed by atoms with Gasteiger partial charge in [-0.1, -0.05) is 6.07 Å². The van der Waals surface area contributed by atoms with Crippen molar-refractivity contribution in [1.82, 2.24) is 15.1 Å². The largest absolute Gasteiger partial charge is 0.493 e. The average Bonchev–Trinajstić information content (AvgIpc) is 3.29. The van der Waals surface area contributed by atoms with Gasteiger partial charge in [0.2, 0.25) is 15.9 Å². The van der Waals surface area contributed by atoms with Crippen LogP contribution in [-0.2, 0) is 14.9 Å². The third-order valence-electron chi connectivity index (χ3n) is 5.58. The van der Waals surface area contributed by atoms with Crippen LogP contribution in [0.5, 0.6) is 5.75 Å². The summed E-state index contributed by atoms with van der Waals surface area (Å²) in [5.74, 6) is 1.72. The van der Waals surface area contributed by atoms with Gasteiger partial charge in [0, 0.05) is 56.1 Å². The number of piperidine rings is 1. The fraction of sp³-hybridized carbons (Fsp3) is 0.526. The summed E-state index contributed by atoms with van der Waals surface area (Å²) in [6.07, 6.45) is 2.83. The lowest BCUT2D eigenvalue weighted by Crippen LogP contribution is -2.41. The van der Waals surface area contributed by atoms with E-state index in [4.69, 9.17) is 9.57 Å². The smallest absolute Gasteiger partial charge is 0.245 e. The molecule has 1 aromatic rings. The first-order chi connectivity index (χ1) is 15.0. The second-order valence-electron chi connectivity index (χ2n) is 7.31. The van der Waals surface area contributed by atoms with Gasteiger partial charge >= 0.3 is 0 Å². The molecule has 1 atom stereocenters. The number of likely N-dealkylation sites (tertiary alicyclic amines) is 1. The van der Waals surface area contributed by atoms with E-state index in [-0.39, 0.29) is 10.9 Å². The van der Waals surface area contributed by atoms with E-state index in [0.717, 1.165) is 46.8 Å². The number of nitrogens with zero attached hydrogens (tertiary/aromatic N) is 3. The molecule has 12 heteroatoms. The molecule has 0 radical (unpaired) electrons. The Balaban J connectivity index is 1.47. The Bertz CT molecular complexity index is 1010. The summed E-state index contributed by atoms with van der Waals surface area (Å²) in [6.45, 7) is 2.44. The molecule has 0 saturated carbocycles. The van der Waals surface area contributed by atoms with Crippen LogP contribution in [0.15, 0.2) is 32.5 Å². The van der Waals surface area contributed by atoms with Crippen LogP contribution in [0.4, 0.5) is 0 Å². The lowest BCUT2D eigenvalue weighted by atomic mass is 9.92. The van der Waals surface area contributed by atoms with E-state index in [0.29, 0.717) is 18.3 Å². The molecule has 0 spiro atoms. The Morgan fingerprint density at radius 1 is 1.35 bits per heavy atom. The molecule has 0 unspecified atom stereocenters. The Morgan fingerprint density at radius 2 is 2.16 bits per heavy atom. The standard InChI is InChI=1S/C19H26IN5O4S2/c1-21-18(29-22-2)13-5-8-25(9-6-13)16-7-10-28-17-11-14(3-4-15(16)17)31(26,27)24-19-20-12-23-30-19/h3-4,11-13,16,22,24H,5-10H2,1-2H3/t16-/m0/s1. The second-order valence-corrected chi connectivity index (χ2v) is 12.8. The first-order valence-corrected chi connectivity index (χ1v) is 14.6. The van der Waals surface area contributed by atoms with Crippen molar-refractivity contribution in [2.24, 2.45) is 15.3 Å². The minimum atomic E-state index is -3.63. The minimum Gasteiger partial charge on any atom is -0.493 e. The highest BCUT2D eigenvalue weighted by atomic mass is 127. The summed E-state index contributed by atoms with van der Waals surface area (Å²) in [4.78, 5) is 12.4. The van der Waals surface area contributed by atoms with Crippen molar-refractivity contribution in [2.45, 2.75) is 30.2 Å². The number of hydroxylamine groups is 1. The highest BCUT2D eigenvalue weighted by Gasteiger charge is 2.33. The maximum atomic E-state index is 12.8. The molecule has 9 nitrogen and oxygen atoms in total. The molecule has 4 rings (SSSR count). The number of hydrogen-bond acceptors (Lipinski definition) is 9. The maximum Gasteiger partial charge on any atom is 0.245 e. The van der Waals surface area contributed by atoms with Crippen molar-refractivity contribution in [1.29, 1.82) is 0 Å². The van der Waals surface area contributed by atoms with Gasteiger partial charge < -0.3 is 9.57 Å². The highest BCUT2D eigenvalue weighted by Crippen LogP contribution is 2.39. The van der Waals surface area contributed by atoms with Crippen LogP contribution < -0.4 is 14.9 Å². The first kappa shape index (κ1) is 23.1. The molecule has 31 heavy (non-hydrogen) atoms. The van der Waals surface area contributed by atoms with Gasteiger partial charge in [0.15, 0.2) is 0 Å². The van der Waals surface area contributed by atoms with E-state index in [1.165, 1.54) is 11.9 Å². The molecule has 1 fully saturated rings. The van der Waals surface area contributed by atoms with Gasteiger partial charge in [-0.15, -0.1) is 0 Å². The molecule has 0 aliphatic carbocycles. The number of nitrogens with one attached hydrogen (secondary N) is 2. The van der Waals surface area contributed by atoms with E-state index in [9.17, 15) is 8.42 Å². The third-order valence-corrected chi connectivity index (χ3v) is 10.9. The topological polar surface area (TPSA) is 105 Å². The number of sulfonamides is 1. The van der Waals surface area contributed by atoms with E-state index in [1.807, 2.05) is 6.07 Å². The van der Waals surface area contributed by atoms with E-state index >= 15 is 0 Å². The Morgan fingerprint density at radius 3 is 2.84 bits per heavy atom. The maximum absolute atomic E-state index is 12.8. The molecule has 0 bridgehead atoms. The van der Waals surface area contributed by atoms with E-state index in [1.54, 1.807) is 30.4 Å². The molecule has 3 aliphatic rings. The number of rotatable bonds is 6. The van der Waals surface area contributed by atoms with Gasteiger partial charge in [-0.05, 0) is 52.7 Å². The van der Waals surface area contributed by atoms with Crippen molar-refractivity contribution in [3.05, 3.63) is 23.8 Å². The van der Waals surface area contributed by atoms with Crippen LogP contribution in [0.2, 0.25) is 0 Å². The molecule has 0 aromatic heterocycles. The van der Waals surface area contributed by atoms with Crippen molar-refractivity contribution in [3.63, 3.8) is 0 Å². The van der Waals surface area contributed by atoms with Gasteiger partial charge in [0.25, 0.3) is 0 Å². The SMILES string of the molecule is CN=C(ONC)C1CCN([C@H]2CCOc3cc(S(=O)(=O)NC4=IC=NS4)ccc32)CC1. The van der Waals surface area contributed by atoms with Gasteiger partial charge in [-0.2, -0.15) is 10.2 Å². The lowest BCUT2D eigenvalue weighted by molar-refractivity contribution is 0.0998. The fourth-order valence-corrected chi connectivity index (χ4v) is 8.84. The number of hydrogen-bond donors (Lipinski definition) is 2. The molecule has 0 amide bonds. The number of aliphatic imine (C=N–C) groups is 1. The predicted octanol–water partition coefficient (Wildman–Crippen LogP) is 2.43. The number of halogens is 1. The van der Waals surface area contributed by atoms with Crippen molar-refractivity contribution >= 4 is 55.8 Å². The summed E-state index contributed by atoms with van der Waals surface area (Å²) in [7, 11) is -0.135. The number of benzene rings is 1. The predicted molar refractivity (Wildman–Crippen MR) is 133 cm³/mol. The number of ether oxygens (including phenoxy) is 1. The highest BCUT2D eigenvalue weighted by molar-refractivity contribution is 14.2. The molecule has 1 aromatic carbocycles. The Labute approximate surface area is 197 Å². The van der Waals surface area contributed by atoms with Crippen molar-refractivity contribution < 1.29 is 18.0 Å². The zero-order valence-electron chi connectivity index (χ0n) is 17.4. The fourth-order valence-electron chi connectivity index (χ4n) is 4.13. The zero-order valence-corrected chi connectivity index (χ0v) is 21.2. The second kappa shape index (κ2) is 10.3. The Kier molecular flexibility index (Phi) is 7.64. The zero-order chi connectivity index (χ0) is 21.8. The molecule has 3 aliphatic heterocycles. The van der Waals surface area contributed by atoms with Crippen molar-refractivity contribution in [3.8, 4) is 5.75 Å². The normalized spacial score (nSPS) is 23.0. The molecular formula is C19H26IN5O4S2. The van der Waals surface area contributed by atoms with Crippen LogP contribution >= 0.6 is 32.7 Å². The van der Waals surface area contributed by atoms with Crippen LogP contribution in [0, 0.1) is 5.92 Å². The quantitative estimate of drug-likeness (QED) is 0.176. The monoisotopic (exact) mass is 579 g/mol. The Hall–Kier alpha value is -1.06. The molecule has 1 saturated heterocycles. The van der Waals surface area contributed by atoms with Crippen LogP contribution in [0.3, 0.4) is 0 Å². The number of fused-ring (bicyclic) bond motifs is 1. The lowest BCUT2D eigenvalue weighted by Gasteiger charge is -2.40. The molecule has 2 N–H and O–H groups in total. The first-order valence-electron chi connectivity index (χ1n) is 10.0. The third kappa shape index (κ3) is 5.30. The summed E-state index contributed by atoms with van der Waals surface area (Å²) in [6, 6.07) is 5.46. The molecule has 3 heterocycles. The minimum absolute atomic E-state index is 0.223. The summed E-state index contributed by atoms with van der Waals surface area (Å²) < 4.78 is 40.6. The summed E-state index contributed by atoms with van der Waals surface area (Å²) in [5.41, 5.74) is 3.77. The molecular weight excluding hydrogens is 553 g/mol. The van der Waals surface area contributed by atoms with Gasteiger partial charge in [0.1, 0.15) is 8.71 Å². The van der Waals surface area contributed by atoms with Gasteiger partial charge in [-0.3, -0.25) is 9.89 Å². The average molecular weight is 579 g/mol. The summed E-state index contributed by atoms with van der Waals surface area (Å²) in [5, 5.41) is 0. The van der Waals surface area contributed by atoms with Gasteiger partial charge in [0.05, 0.1) is 15.7 Å². The van der Waals surface area contributed by atoms with Crippen LogP contribution in [0.25, 0.3) is 0 Å². The van der Waals surface area contributed by atoms with Crippen molar-refractivity contribution in [2.75, 3.05) is 33.8 Å². The van der Waals surface area contributed by atoms with E-state index in [2.05, 4.69) is 24.5 Å². The van der Waals surface area contributed by atoms with E-state index < -0.39 is 30.8 Å².